The van der Waals surface area contributed by atoms with Crippen LogP contribution in [0.25, 0.3) is 0 Å². The van der Waals surface area contributed by atoms with Crippen LogP contribution in [-0.4, -0.2) is 42.0 Å². The van der Waals surface area contributed by atoms with E-state index in [4.69, 9.17) is 4.74 Å². The van der Waals surface area contributed by atoms with Gasteiger partial charge in [0.05, 0.1) is 26.2 Å². The first-order valence-corrected chi connectivity index (χ1v) is 10.2. The smallest absolute Gasteiger partial charge is 0.254 e. The highest BCUT2D eigenvalue weighted by atomic mass is 19.1. The number of carbonyl (C=O) groups is 1. The maximum absolute atomic E-state index is 13.0. The fourth-order valence-corrected chi connectivity index (χ4v) is 3.64. The van der Waals surface area contributed by atoms with Crippen molar-refractivity contribution >= 4 is 5.91 Å². The molecule has 5 nitrogen and oxygen atoms in total. The Morgan fingerprint density at radius 2 is 1.73 bits per heavy atom. The molecular formula is C24H25FN3O2+. The first-order chi connectivity index (χ1) is 14.7. The molecule has 1 amide bonds. The van der Waals surface area contributed by atoms with Gasteiger partial charge in [0.25, 0.3) is 5.91 Å². The second kappa shape index (κ2) is 9.50. The van der Waals surface area contributed by atoms with Crippen LogP contribution < -0.4 is 9.64 Å². The molecule has 154 valence electrons. The van der Waals surface area contributed by atoms with Crippen LogP contribution >= 0.6 is 0 Å². The molecule has 6 heteroatoms. The Kier molecular flexibility index (Phi) is 6.35. The van der Waals surface area contributed by atoms with Crippen molar-refractivity contribution in [2.24, 2.45) is 0 Å². The zero-order valence-corrected chi connectivity index (χ0v) is 16.8. The molecular weight excluding hydrogens is 381 g/mol. The summed E-state index contributed by atoms with van der Waals surface area (Å²) in [4.78, 5) is 20.4. The number of aromatic nitrogens is 1. The molecule has 1 aromatic heterocycles. The van der Waals surface area contributed by atoms with Gasteiger partial charge in [-0.1, -0.05) is 18.2 Å². The Balaban J connectivity index is 1.31. The van der Waals surface area contributed by atoms with Crippen molar-refractivity contribution in [1.29, 1.82) is 0 Å². The lowest BCUT2D eigenvalue weighted by atomic mass is 10.1. The first kappa shape index (κ1) is 20.0. The molecule has 0 radical (unpaired) electrons. The van der Waals surface area contributed by atoms with Gasteiger partial charge >= 0.3 is 0 Å². The third-order valence-corrected chi connectivity index (χ3v) is 5.36. The highest BCUT2D eigenvalue weighted by molar-refractivity contribution is 5.94. The number of piperazine rings is 1. The average Bonchev–Trinajstić information content (AvgIpc) is 2.80. The van der Waals surface area contributed by atoms with E-state index in [1.807, 2.05) is 47.6 Å². The Bertz CT molecular complexity index is 971. The topological polar surface area (TPSA) is 46.9 Å². The van der Waals surface area contributed by atoms with E-state index in [-0.39, 0.29) is 11.7 Å². The zero-order valence-electron chi connectivity index (χ0n) is 16.8. The minimum absolute atomic E-state index is 0.0326. The van der Waals surface area contributed by atoms with Gasteiger partial charge in [-0.2, -0.15) is 0 Å². The lowest BCUT2D eigenvalue weighted by Crippen LogP contribution is -3.13. The number of benzene rings is 2. The van der Waals surface area contributed by atoms with E-state index in [9.17, 15) is 9.18 Å². The Morgan fingerprint density at radius 3 is 2.47 bits per heavy atom. The van der Waals surface area contributed by atoms with Crippen molar-refractivity contribution in [2.45, 2.75) is 13.2 Å². The molecule has 0 saturated carbocycles. The third-order valence-electron chi connectivity index (χ3n) is 5.36. The van der Waals surface area contributed by atoms with Crippen LogP contribution in [0.1, 0.15) is 21.5 Å². The van der Waals surface area contributed by atoms with Crippen molar-refractivity contribution in [3.8, 4) is 5.75 Å². The Labute approximate surface area is 175 Å². The summed E-state index contributed by atoms with van der Waals surface area (Å²) in [6.07, 6.45) is 3.64. The monoisotopic (exact) mass is 406 g/mol. The summed E-state index contributed by atoms with van der Waals surface area (Å²) in [6.45, 7) is 4.61. The van der Waals surface area contributed by atoms with Crippen molar-refractivity contribution < 1.29 is 18.8 Å². The molecule has 2 aromatic carbocycles. The summed E-state index contributed by atoms with van der Waals surface area (Å²) in [5, 5.41) is 0. The predicted octanol–water partition coefficient (Wildman–Crippen LogP) is 2.34. The molecule has 1 saturated heterocycles. The van der Waals surface area contributed by atoms with E-state index in [2.05, 4.69) is 4.98 Å². The number of quaternary nitrogens is 1. The van der Waals surface area contributed by atoms with Crippen molar-refractivity contribution in [3.63, 3.8) is 0 Å². The molecule has 4 rings (SSSR count). The standard InChI is InChI=1S/C24H24FN3O2/c25-22-6-4-20(5-7-22)18-30-23-3-1-2-21(16-23)24(29)28-14-12-27(13-15-28)17-19-8-10-26-11-9-19/h1-11,16H,12-15,17-18H2/p+1. The number of ether oxygens (including phenoxy) is 1. The maximum Gasteiger partial charge on any atom is 0.254 e. The Hall–Kier alpha value is -3.25. The zero-order chi connectivity index (χ0) is 20.8. The highest BCUT2D eigenvalue weighted by Gasteiger charge is 2.24. The molecule has 0 bridgehead atoms. The van der Waals surface area contributed by atoms with Gasteiger partial charge in [0.15, 0.2) is 0 Å². The average molecular weight is 406 g/mol. The van der Waals surface area contributed by atoms with Gasteiger partial charge in [0.2, 0.25) is 0 Å². The fraction of sp³-hybridized carbons (Fsp3) is 0.250. The minimum Gasteiger partial charge on any atom is -0.489 e. The molecule has 0 atom stereocenters. The highest BCUT2D eigenvalue weighted by Crippen LogP contribution is 2.17. The van der Waals surface area contributed by atoms with E-state index < -0.39 is 0 Å². The molecule has 3 aromatic rings. The molecule has 1 aliphatic heterocycles. The molecule has 1 aliphatic rings. The van der Waals surface area contributed by atoms with Gasteiger partial charge < -0.3 is 14.5 Å². The largest absolute Gasteiger partial charge is 0.489 e. The van der Waals surface area contributed by atoms with Crippen LogP contribution in [0.4, 0.5) is 4.39 Å². The molecule has 1 fully saturated rings. The van der Waals surface area contributed by atoms with E-state index in [1.54, 1.807) is 18.2 Å². The van der Waals surface area contributed by atoms with Crippen LogP contribution in [0.5, 0.6) is 5.75 Å². The number of nitrogens with one attached hydrogen (secondary N) is 1. The first-order valence-electron chi connectivity index (χ1n) is 10.2. The molecule has 30 heavy (non-hydrogen) atoms. The molecule has 0 aliphatic carbocycles. The summed E-state index contributed by atoms with van der Waals surface area (Å²) < 4.78 is 18.8. The van der Waals surface area contributed by atoms with E-state index in [1.165, 1.54) is 22.6 Å². The third kappa shape index (κ3) is 5.21. The number of amides is 1. The fourth-order valence-electron chi connectivity index (χ4n) is 3.64. The maximum atomic E-state index is 13.0. The van der Waals surface area contributed by atoms with Gasteiger partial charge in [-0.3, -0.25) is 9.78 Å². The number of carbonyl (C=O) groups excluding carboxylic acids is 1. The molecule has 0 spiro atoms. The van der Waals surface area contributed by atoms with Crippen LogP contribution in [0.2, 0.25) is 0 Å². The van der Waals surface area contributed by atoms with Gasteiger partial charge in [-0.15, -0.1) is 0 Å². The number of nitrogens with zero attached hydrogens (tertiary/aromatic N) is 2. The lowest BCUT2D eigenvalue weighted by Gasteiger charge is -2.32. The van der Waals surface area contributed by atoms with Crippen LogP contribution in [0.3, 0.4) is 0 Å². The van der Waals surface area contributed by atoms with E-state index >= 15 is 0 Å². The number of rotatable bonds is 6. The second-order valence-electron chi connectivity index (χ2n) is 7.52. The number of hydrogen-bond acceptors (Lipinski definition) is 3. The summed E-state index contributed by atoms with van der Waals surface area (Å²) in [5.74, 6) is 0.395. The van der Waals surface area contributed by atoms with E-state index in [0.29, 0.717) is 17.9 Å². The van der Waals surface area contributed by atoms with Crippen molar-refractivity contribution in [2.75, 3.05) is 26.2 Å². The summed E-state index contributed by atoms with van der Waals surface area (Å²) in [6, 6.07) is 17.6. The SMILES string of the molecule is O=C(c1cccc(OCc2ccc(F)cc2)c1)N1CC[NH+](Cc2ccncc2)CC1. The van der Waals surface area contributed by atoms with Crippen LogP contribution in [0, 0.1) is 5.82 Å². The lowest BCUT2D eigenvalue weighted by molar-refractivity contribution is -0.917. The molecule has 1 N–H and O–H groups in total. The van der Waals surface area contributed by atoms with Gasteiger partial charge in [0.1, 0.15) is 24.7 Å². The second-order valence-corrected chi connectivity index (χ2v) is 7.52. The number of hydrogen-bond donors (Lipinski definition) is 1. The Morgan fingerprint density at radius 1 is 1.00 bits per heavy atom. The quantitative estimate of drug-likeness (QED) is 0.684. The number of pyridine rings is 1. The summed E-state index contributed by atoms with van der Waals surface area (Å²) in [7, 11) is 0. The van der Waals surface area contributed by atoms with Crippen LogP contribution in [-0.2, 0) is 13.2 Å². The molecule has 2 heterocycles. The number of halogens is 1. The minimum atomic E-state index is -0.269. The summed E-state index contributed by atoms with van der Waals surface area (Å²) in [5.41, 5.74) is 2.77. The predicted molar refractivity (Wildman–Crippen MR) is 112 cm³/mol. The van der Waals surface area contributed by atoms with Crippen LogP contribution in [0.15, 0.2) is 73.1 Å². The van der Waals surface area contributed by atoms with Gasteiger partial charge in [-0.25, -0.2) is 4.39 Å². The normalized spacial score (nSPS) is 14.5. The van der Waals surface area contributed by atoms with E-state index in [0.717, 1.165) is 38.3 Å². The summed E-state index contributed by atoms with van der Waals surface area (Å²) >= 11 is 0. The van der Waals surface area contributed by atoms with Gasteiger partial charge in [-0.05, 0) is 48.0 Å². The van der Waals surface area contributed by atoms with Crippen molar-refractivity contribution in [3.05, 3.63) is 95.6 Å². The van der Waals surface area contributed by atoms with Crippen molar-refractivity contribution in [1.82, 2.24) is 9.88 Å². The van der Waals surface area contributed by atoms with Gasteiger partial charge in [0, 0.05) is 23.5 Å². The molecule has 0 unspecified atom stereocenters.